The zero-order valence-electron chi connectivity index (χ0n) is 55.3. The summed E-state index contributed by atoms with van der Waals surface area (Å²) in [7, 11) is 0. The van der Waals surface area contributed by atoms with Crippen molar-refractivity contribution in [3.8, 4) is 0 Å². The van der Waals surface area contributed by atoms with Crippen molar-refractivity contribution in [3.05, 3.63) is 69.3 Å². The molecule has 2 aliphatic rings. The minimum absolute atomic E-state index is 0. The first-order valence-corrected chi connectivity index (χ1v) is 34.4. The predicted octanol–water partition coefficient (Wildman–Crippen LogP) is 11.3. The van der Waals surface area contributed by atoms with Gasteiger partial charge in [0.1, 0.15) is 0 Å². The van der Waals surface area contributed by atoms with E-state index in [0.29, 0.717) is 38.8 Å². The summed E-state index contributed by atoms with van der Waals surface area (Å²) < 4.78 is 0. The molecular formula is C71H124N14O2. The molecule has 87 heavy (non-hydrogen) atoms. The molecule has 12 N–H and O–H groups in total. The molecule has 0 aromatic carbocycles. The van der Waals surface area contributed by atoms with E-state index in [1.54, 1.807) is 0 Å². The number of unbranched alkanes of at least 4 members (excludes halogenated alkanes) is 8. The zero-order chi connectivity index (χ0) is 61.4. The maximum atomic E-state index is 13.5. The summed E-state index contributed by atoms with van der Waals surface area (Å²) >= 11 is 0. The number of fused-ring (bicyclic) bond motifs is 8. The first kappa shape index (κ1) is 74.7. The van der Waals surface area contributed by atoms with Gasteiger partial charge in [-0.15, -0.1) is 0 Å². The Bertz CT molecular complexity index is 2650. The number of hydrogen-bond acceptors (Lipinski definition) is 12. The van der Waals surface area contributed by atoms with Gasteiger partial charge in [-0.1, -0.05) is 35.1 Å². The molecule has 0 saturated heterocycles. The van der Waals surface area contributed by atoms with E-state index in [1.165, 1.54) is 99.3 Å². The van der Waals surface area contributed by atoms with E-state index in [2.05, 4.69) is 143 Å². The Labute approximate surface area is 527 Å². The summed E-state index contributed by atoms with van der Waals surface area (Å²) in [5, 5.41) is 34.8. The highest BCUT2D eigenvalue weighted by Crippen LogP contribution is 2.38. The Balaban J connectivity index is 0.0000162. The number of nitrogens with zero attached hydrogens (tertiary/aromatic N) is 2. The average molecular weight is 1210 g/mol. The van der Waals surface area contributed by atoms with Gasteiger partial charge in [0.2, 0.25) is 11.8 Å². The number of aromatic amines is 2. The van der Waals surface area contributed by atoms with E-state index in [-0.39, 0.29) is 19.2 Å². The van der Waals surface area contributed by atoms with Crippen molar-refractivity contribution in [2.45, 2.75) is 204 Å². The minimum Gasteiger partial charge on any atom is -0.356 e. The third kappa shape index (κ3) is 27.9. The van der Waals surface area contributed by atoms with Gasteiger partial charge in [0.15, 0.2) is 0 Å². The summed E-state index contributed by atoms with van der Waals surface area (Å²) in [5.41, 5.74) is 17.0. The van der Waals surface area contributed by atoms with Crippen LogP contribution in [0.15, 0.2) is 24.3 Å². The number of aryl methyl sites for hydroxylation is 4. The monoisotopic (exact) mass is 1210 g/mol. The SMILES string of the molecule is C.CCNCCCCNCCCCNCCCCNCCCCNC(=O)CCC1=C(C)c2cc3[nH]c(cc4[nH]c(cc5nc(cc1n2)C(CCC(=O)NCCCCNCCCCNCCCCNCCCCNCC)=C5C)c(CC)c4C)c(CC)c3C. The van der Waals surface area contributed by atoms with E-state index in [0.717, 1.165) is 210 Å². The summed E-state index contributed by atoms with van der Waals surface area (Å²) in [6.07, 6.45) is 22.1. The van der Waals surface area contributed by atoms with Crippen LogP contribution in [0.25, 0.3) is 44.4 Å². The number of amides is 2. The largest absolute Gasteiger partial charge is 0.356 e. The van der Waals surface area contributed by atoms with Crippen molar-refractivity contribution in [1.29, 1.82) is 0 Å². The fourth-order valence-corrected chi connectivity index (χ4v) is 11.7. The molecule has 2 aliphatic heterocycles. The second kappa shape index (κ2) is 45.5. The van der Waals surface area contributed by atoms with Crippen molar-refractivity contribution >= 4 is 56.2 Å². The van der Waals surface area contributed by atoms with E-state index in [9.17, 15) is 9.59 Å². The molecule has 16 nitrogen and oxygen atoms in total. The predicted molar refractivity (Wildman–Crippen MR) is 374 cm³/mol. The first-order valence-electron chi connectivity index (χ1n) is 34.4. The van der Waals surface area contributed by atoms with Gasteiger partial charge in [0.05, 0.1) is 22.8 Å². The summed E-state index contributed by atoms with van der Waals surface area (Å²) in [5.74, 6) is 0.113. The summed E-state index contributed by atoms with van der Waals surface area (Å²) in [6.45, 7) is 35.9. The van der Waals surface area contributed by atoms with E-state index < -0.39 is 0 Å². The van der Waals surface area contributed by atoms with Gasteiger partial charge in [-0.25, -0.2) is 9.97 Å². The van der Waals surface area contributed by atoms with Crippen molar-refractivity contribution < 1.29 is 9.59 Å². The number of aromatic nitrogens is 4. The van der Waals surface area contributed by atoms with Crippen LogP contribution in [-0.4, -0.2) is 150 Å². The molecule has 8 bridgehead atoms. The number of rotatable bonds is 50. The summed E-state index contributed by atoms with van der Waals surface area (Å²) in [4.78, 5) is 45.3. The zero-order valence-corrected chi connectivity index (χ0v) is 55.3. The van der Waals surface area contributed by atoms with Crippen LogP contribution in [0.5, 0.6) is 0 Å². The van der Waals surface area contributed by atoms with Gasteiger partial charge in [0.25, 0.3) is 0 Å². The third-order valence-electron chi connectivity index (χ3n) is 17.2. The van der Waals surface area contributed by atoms with Gasteiger partial charge < -0.3 is 63.1 Å². The minimum atomic E-state index is 0. The number of nitrogens with one attached hydrogen (secondary N) is 12. The molecule has 490 valence electrons. The van der Waals surface area contributed by atoms with Crippen LogP contribution in [0.3, 0.4) is 0 Å². The quantitative estimate of drug-likeness (QED) is 0.0238. The normalized spacial score (nSPS) is 12.4. The van der Waals surface area contributed by atoms with Gasteiger partial charge in [-0.05, 0) is 330 Å². The lowest BCUT2D eigenvalue weighted by atomic mass is 9.98. The van der Waals surface area contributed by atoms with Crippen molar-refractivity contribution in [3.63, 3.8) is 0 Å². The third-order valence-corrected chi connectivity index (χ3v) is 17.2. The van der Waals surface area contributed by atoms with Crippen LogP contribution in [0.1, 0.15) is 222 Å². The van der Waals surface area contributed by atoms with Crippen molar-refractivity contribution in [1.82, 2.24) is 73.1 Å². The van der Waals surface area contributed by atoms with Gasteiger partial charge in [0, 0.05) is 48.0 Å². The van der Waals surface area contributed by atoms with Crippen LogP contribution < -0.4 is 53.2 Å². The lowest BCUT2D eigenvalue weighted by Gasteiger charge is -2.09. The molecule has 0 fully saturated rings. The molecule has 0 unspecified atom stereocenters. The van der Waals surface area contributed by atoms with E-state index in [1.807, 2.05) is 0 Å². The molecule has 2 amide bonds. The van der Waals surface area contributed by atoms with E-state index >= 15 is 0 Å². The Hall–Kier alpha value is -4.78. The molecule has 3 aromatic heterocycles. The molecule has 0 aliphatic carbocycles. The molecule has 5 rings (SSSR count). The fraction of sp³-hybridized carbons (Fsp3) is 0.690. The van der Waals surface area contributed by atoms with Gasteiger partial charge in [-0.2, -0.15) is 0 Å². The molecule has 0 saturated carbocycles. The number of carbonyl (C=O) groups excluding carboxylic acids is 2. The molecule has 3 aromatic rings. The van der Waals surface area contributed by atoms with Gasteiger partial charge in [-0.3, -0.25) is 9.59 Å². The standard InChI is InChI=1S/C70H120N14O2.CH4/c1-9-57-53(5)61-49-62-55(7)59(29-31-69(85)79-47-27-25-45-77-43-23-21-41-75-39-19-17-37-73-35-15-13-33-71-11-3)67(83-62)52-68-60(56(8)64(84-68)51-66-58(10-2)54(6)63(82-66)50-65(57)81-61)30-32-70(86)80-48-28-26-46-78-44-24-22-42-76-40-20-18-38-74-36-16-14-34-72-12-4;/h49-52,71-78,81-82H,9-48H2,1-8H3,(H,79,85)(H,80,86);1H4. The van der Waals surface area contributed by atoms with Gasteiger partial charge >= 0.3 is 0 Å². The maximum Gasteiger partial charge on any atom is 0.220 e. The lowest BCUT2D eigenvalue weighted by molar-refractivity contribution is -0.121. The highest BCUT2D eigenvalue weighted by atomic mass is 16.2. The van der Waals surface area contributed by atoms with Crippen molar-refractivity contribution in [2.24, 2.45) is 0 Å². The van der Waals surface area contributed by atoms with Crippen LogP contribution in [-0.2, 0) is 22.4 Å². The molecule has 0 radical (unpaired) electrons. The number of H-pyrrole nitrogens is 2. The molecular weight excluding hydrogens is 1080 g/mol. The van der Waals surface area contributed by atoms with Crippen LogP contribution in [0.4, 0.5) is 0 Å². The number of hydrogen-bond donors (Lipinski definition) is 12. The fourth-order valence-electron chi connectivity index (χ4n) is 11.7. The first-order chi connectivity index (χ1) is 42.1. The Kier molecular flexibility index (Phi) is 39.0. The van der Waals surface area contributed by atoms with Crippen LogP contribution >= 0.6 is 0 Å². The topological polar surface area (TPSA) is 212 Å². The Morgan fingerprint density at radius 3 is 0.943 bits per heavy atom. The van der Waals surface area contributed by atoms with Crippen molar-refractivity contribution in [2.75, 3.05) is 118 Å². The smallest absolute Gasteiger partial charge is 0.220 e. The maximum absolute atomic E-state index is 13.5. The highest BCUT2D eigenvalue weighted by molar-refractivity contribution is 5.97. The second-order valence-corrected chi connectivity index (χ2v) is 23.9. The van der Waals surface area contributed by atoms with Crippen LogP contribution in [0, 0.1) is 13.8 Å². The lowest BCUT2D eigenvalue weighted by Crippen LogP contribution is -2.25. The molecule has 0 atom stereocenters. The van der Waals surface area contributed by atoms with E-state index in [4.69, 9.17) is 9.97 Å². The van der Waals surface area contributed by atoms with Crippen LogP contribution in [0.2, 0.25) is 0 Å². The molecule has 5 heterocycles. The molecule has 16 heteroatoms. The Morgan fingerprint density at radius 2 is 0.632 bits per heavy atom. The highest BCUT2D eigenvalue weighted by Gasteiger charge is 2.23. The average Bonchev–Trinajstić information content (AvgIpc) is 4.40. The number of carbonyl (C=O) groups is 2. The number of allylic oxidation sites excluding steroid dienone is 4. The second-order valence-electron chi connectivity index (χ2n) is 23.9. The molecule has 0 spiro atoms. The Morgan fingerprint density at radius 1 is 0.356 bits per heavy atom. The summed E-state index contributed by atoms with van der Waals surface area (Å²) in [6, 6.07) is 8.75.